The number of hydrogen-bond donors (Lipinski definition) is 2. The molecule has 3 N–H and O–H groups in total. The maximum atomic E-state index is 5.95. The quantitative estimate of drug-likeness (QED) is 0.750. The Morgan fingerprint density at radius 3 is 2.81 bits per heavy atom. The molecule has 0 aliphatic heterocycles. The fourth-order valence-corrected chi connectivity index (χ4v) is 2.50. The third kappa shape index (κ3) is 2.80. The van der Waals surface area contributed by atoms with Crippen molar-refractivity contribution in [2.24, 2.45) is 5.73 Å². The summed E-state index contributed by atoms with van der Waals surface area (Å²) in [4.78, 5) is 12.2. The van der Waals surface area contributed by atoms with Gasteiger partial charge in [-0.1, -0.05) is 24.2 Å². The van der Waals surface area contributed by atoms with Gasteiger partial charge in [0.05, 0.1) is 23.4 Å². The Morgan fingerprint density at radius 1 is 1.29 bits per heavy atom. The zero-order valence-electron chi connectivity index (χ0n) is 12.2. The van der Waals surface area contributed by atoms with Gasteiger partial charge < -0.3 is 15.2 Å². The van der Waals surface area contributed by atoms with Gasteiger partial charge in [0.1, 0.15) is 5.82 Å². The van der Waals surface area contributed by atoms with E-state index in [1.54, 1.807) is 0 Å². The van der Waals surface area contributed by atoms with Gasteiger partial charge in [-0.2, -0.15) is 4.98 Å². The SMILES string of the molecule is CCC(c1nc(Cc2nc3ccccc3[nH]2)no1)C(C)N. The molecule has 2 atom stereocenters. The zero-order valence-corrected chi connectivity index (χ0v) is 12.2. The lowest BCUT2D eigenvalue weighted by Gasteiger charge is -2.13. The molecule has 0 saturated heterocycles. The van der Waals surface area contributed by atoms with Crippen molar-refractivity contribution < 1.29 is 4.52 Å². The molecular weight excluding hydrogens is 266 g/mol. The second-order valence-electron chi connectivity index (χ2n) is 5.30. The first-order chi connectivity index (χ1) is 10.2. The van der Waals surface area contributed by atoms with Crippen molar-refractivity contribution in [2.45, 2.75) is 38.6 Å². The number of fused-ring (bicyclic) bond motifs is 1. The fourth-order valence-electron chi connectivity index (χ4n) is 2.50. The number of nitrogens with zero attached hydrogens (tertiary/aromatic N) is 3. The van der Waals surface area contributed by atoms with Crippen LogP contribution < -0.4 is 5.73 Å². The molecule has 21 heavy (non-hydrogen) atoms. The lowest BCUT2D eigenvalue weighted by Crippen LogP contribution is -2.24. The van der Waals surface area contributed by atoms with E-state index in [2.05, 4.69) is 27.0 Å². The number of imidazole rings is 1. The molecule has 0 bridgehead atoms. The summed E-state index contributed by atoms with van der Waals surface area (Å²) in [6.07, 6.45) is 1.40. The minimum atomic E-state index is -0.00509. The third-order valence-corrected chi connectivity index (χ3v) is 3.64. The number of nitrogens with two attached hydrogens (primary N) is 1. The molecule has 3 rings (SSSR count). The van der Waals surface area contributed by atoms with Gasteiger partial charge in [-0.15, -0.1) is 0 Å². The molecule has 0 saturated carbocycles. The van der Waals surface area contributed by atoms with Crippen LogP contribution in [0.2, 0.25) is 0 Å². The predicted molar refractivity (Wildman–Crippen MR) is 79.9 cm³/mol. The van der Waals surface area contributed by atoms with Gasteiger partial charge in [-0.3, -0.25) is 0 Å². The summed E-state index contributed by atoms with van der Waals surface area (Å²) in [6, 6.07) is 7.91. The topological polar surface area (TPSA) is 93.6 Å². The molecule has 110 valence electrons. The first-order valence-corrected chi connectivity index (χ1v) is 7.19. The Labute approximate surface area is 122 Å². The number of H-pyrrole nitrogens is 1. The van der Waals surface area contributed by atoms with Crippen molar-refractivity contribution in [1.29, 1.82) is 0 Å². The number of hydrogen-bond acceptors (Lipinski definition) is 5. The molecule has 2 aromatic heterocycles. The van der Waals surface area contributed by atoms with E-state index in [0.717, 1.165) is 23.3 Å². The van der Waals surface area contributed by atoms with E-state index in [4.69, 9.17) is 10.3 Å². The molecule has 3 aromatic rings. The minimum absolute atomic E-state index is 0.00509. The number of rotatable bonds is 5. The summed E-state index contributed by atoms with van der Waals surface area (Å²) in [5.41, 5.74) is 7.90. The van der Waals surface area contributed by atoms with Crippen LogP contribution in [0, 0.1) is 0 Å². The van der Waals surface area contributed by atoms with E-state index in [-0.39, 0.29) is 12.0 Å². The summed E-state index contributed by atoms with van der Waals surface area (Å²) >= 11 is 0. The van der Waals surface area contributed by atoms with Gasteiger partial charge in [0, 0.05) is 6.04 Å². The van der Waals surface area contributed by atoms with Crippen LogP contribution in [0.3, 0.4) is 0 Å². The first-order valence-electron chi connectivity index (χ1n) is 7.19. The lowest BCUT2D eigenvalue weighted by molar-refractivity contribution is 0.331. The van der Waals surface area contributed by atoms with Crippen LogP contribution in [0.4, 0.5) is 0 Å². The summed E-state index contributed by atoms with van der Waals surface area (Å²) < 4.78 is 5.34. The molecule has 1 aromatic carbocycles. The van der Waals surface area contributed by atoms with Crippen LogP contribution >= 0.6 is 0 Å². The maximum Gasteiger partial charge on any atom is 0.231 e. The third-order valence-electron chi connectivity index (χ3n) is 3.64. The Morgan fingerprint density at radius 2 is 2.10 bits per heavy atom. The van der Waals surface area contributed by atoms with Gasteiger partial charge in [0.15, 0.2) is 5.82 Å². The van der Waals surface area contributed by atoms with Gasteiger partial charge >= 0.3 is 0 Å². The normalized spacial score (nSPS) is 14.4. The highest BCUT2D eigenvalue weighted by atomic mass is 16.5. The molecule has 2 heterocycles. The van der Waals surface area contributed by atoms with Crippen molar-refractivity contribution >= 4 is 11.0 Å². The highest BCUT2D eigenvalue weighted by Crippen LogP contribution is 2.21. The molecule has 2 unspecified atom stereocenters. The van der Waals surface area contributed by atoms with E-state index < -0.39 is 0 Å². The van der Waals surface area contributed by atoms with Crippen molar-refractivity contribution in [1.82, 2.24) is 20.1 Å². The average Bonchev–Trinajstić information content (AvgIpc) is 3.06. The predicted octanol–water partition coefficient (Wildman–Crippen LogP) is 2.38. The summed E-state index contributed by atoms with van der Waals surface area (Å²) in [6.45, 7) is 4.02. The highest BCUT2D eigenvalue weighted by molar-refractivity contribution is 5.74. The first kappa shape index (κ1) is 13.8. The Balaban J connectivity index is 1.80. The van der Waals surface area contributed by atoms with Crippen LogP contribution in [0.5, 0.6) is 0 Å². The van der Waals surface area contributed by atoms with Crippen molar-refractivity contribution in [2.75, 3.05) is 0 Å². The zero-order chi connectivity index (χ0) is 14.8. The number of benzene rings is 1. The van der Waals surface area contributed by atoms with Crippen molar-refractivity contribution in [3.63, 3.8) is 0 Å². The van der Waals surface area contributed by atoms with Gasteiger partial charge in [0.2, 0.25) is 5.89 Å². The van der Waals surface area contributed by atoms with E-state index in [1.807, 2.05) is 31.2 Å². The molecule has 0 radical (unpaired) electrons. The van der Waals surface area contributed by atoms with Crippen molar-refractivity contribution in [3.05, 3.63) is 41.8 Å². The summed E-state index contributed by atoms with van der Waals surface area (Å²) in [5.74, 6) is 2.17. The molecule has 6 heteroatoms. The van der Waals surface area contributed by atoms with Crippen LogP contribution in [0.1, 0.15) is 43.7 Å². The molecule has 0 amide bonds. The van der Waals surface area contributed by atoms with E-state index in [9.17, 15) is 0 Å². The molecule has 0 spiro atoms. The fraction of sp³-hybridized carbons (Fsp3) is 0.400. The number of para-hydroxylation sites is 2. The van der Waals surface area contributed by atoms with Gasteiger partial charge in [-0.05, 0) is 25.5 Å². The van der Waals surface area contributed by atoms with Gasteiger partial charge in [0.25, 0.3) is 0 Å². The molecule has 6 nitrogen and oxygen atoms in total. The molecule has 0 fully saturated rings. The Bertz CT molecular complexity index is 697. The van der Waals surface area contributed by atoms with Crippen LogP contribution in [-0.4, -0.2) is 26.2 Å². The van der Waals surface area contributed by atoms with E-state index >= 15 is 0 Å². The average molecular weight is 285 g/mol. The Kier molecular flexibility index (Phi) is 3.70. The molecule has 0 aliphatic carbocycles. The molecule has 0 aliphatic rings. The number of nitrogens with one attached hydrogen (secondary N) is 1. The van der Waals surface area contributed by atoms with Crippen LogP contribution in [0.15, 0.2) is 28.8 Å². The van der Waals surface area contributed by atoms with Crippen LogP contribution in [0.25, 0.3) is 11.0 Å². The maximum absolute atomic E-state index is 5.95. The highest BCUT2D eigenvalue weighted by Gasteiger charge is 2.21. The standard InChI is InChI=1S/C15H19N5O/c1-3-10(9(2)16)15-19-14(20-21-15)8-13-17-11-6-4-5-7-12(11)18-13/h4-7,9-10H,3,8,16H2,1-2H3,(H,17,18). The second kappa shape index (κ2) is 5.65. The van der Waals surface area contributed by atoms with E-state index in [1.165, 1.54) is 0 Å². The summed E-state index contributed by atoms with van der Waals surface area (Å²) in [5, 5.41) is 4.03. The van der Waals surface area contributed by atoms with E-state index in [0.29, 0.717) is 18.1 Å². The summed E-state index contributed by atoms with van der Waals surface area (Å²) in [7, 11) is 0. The molecular formula is C15H19N5O. The van der Waals surface area contributed by atoms with Crippen molar-refractivity contribution in [3.8, 4) is 0 Å². The number of aromatic amines is 1. The minimum Gasteiger partial charge on any atom is -0.342 e. The number of aromatic nitrogens is 4. The lowest BCUT2D eigenvalue weighted by atomic mass is 9.99. The smallest absolute Gasteiger partial charge is 0.231 e. The van der Waals surface area contributed by atoms with Gasteiger partial charge in [-0.25, -0.2) is 4.98 Å². The second-order valence-corrected chi connectivity index (χ2v) is 5.30. The monoisotopic (exact) mass is 285 g/mol. The van der Waals surface area contributed by atoms with Crippen LogP contribution in [-0.2, 0) is 6.42 Å². The Hall–Kier alpha value is -2.21. The largest absolute Gasteiger partial charge is 0.342 e.